The minimum atomic E-state index is -0.0894. The van der Waals surface area contributed by atoms with Crippen LogP contribution in [-0.4, -0.2) is 16.3 Å². The van der Waals surface area contributed by atoms with E-state index in [-0.39, 0.29) is 11.7 Å². The number of nitrogens with zero attached hydrogens (tertiary/aromatic N) is 1. The van der Waals surface area contributed by atoms with Crippen LogP contribution >= 0.6 is 0 Å². The predicted octanol–water partition coefficient (Wildman–Crippen LogP) is 6.04. The van der Waals surface area contributed by atoms with Gasteiger partial charge in [-0.15, -0.1) is 0 Å². The second-order valence-corrected chi connectivity index (χ2v) is 7.91. The Labute approximate surface area is 192 Å². The number of aromatic nitrogens is 1. The van der Waals surface area contributed by atoms with Crippen molar-refractivity contribution in [2.75, 3.05) is 5.32 Å². The lowest BCUT2D eigenvalue weighted by Crippen LogP contribution is -2.14. The first-order valence-electron chi connectivity index (χ1n) is 10.8. The van der Waals surface area contributed by atoms with E-state index >= 15 is 0 Å². The van der Waals surface area contributed by atoms with Crippen molar-refractivity contribution in [1.82, 2.24) is 4.57 Å². The molecule has 4 aromatic carbocycles. The van der Waals surface area contributed by atoms with Gasteiger partial charge in [-0.2, -0.15) is 0 Å². The second-order valence-electron chi connectivity index (χ2n) is 7.91. The van der Waals surface area contributed by atoms with Crippen LogP contribution in [0.15, 0.2) is 115 Å². The summed E-state index contributed by atoms with van der Waals surface area (Å²) in [6.45, 7) is 0. The fourth-order valence-corrected chi connectivity index (χ4v) is 3.94. The van der Waals surface area contributed by atoms with Crippen molar-refractivity contribution < 1.29 is 9.59 Å². The summed E-state index contributed by atoms with van der Waals surface area (Å²) >= 11 is 0. The molecule has 0 radical (unpaired) electrons. The molecule has 33 heavy (non-hydrogen) atoms. The van der Waals surface area contributed by atoms with E-state index in [0.29, 0.717) is 23.2 Å². The van der Waals surface area contributed by atoms with Gasteiger partial charge in [0.15, 0.2) is 5.78 Å². The molecule has 160 valence electrons. The average Bonchev–Trinajstić information content (AvgIpc) is 3.29. The van der Waals surface area contributed by atoms with Crippen LogP contribution in [0.25, 0.3) is 16.6 Å². The van der Waals surface area contributed by atoms with Crippen molar-refractivity contribution in [2.24, 2.45) is 0 Å². The smallest absolute Gasteiger partial charge is 0.228 e. The largest absolute Gasteiger partial charge is 0.326 e. The van der Waals surface area contributed by atoms with Crippen LogP contribution in [-0.2, 0) is 11.2 Å². The molecule has 5 aromatic rings. The minimum absolute atomic E-state index is 0.0546. The van der Waals surface area contributed by atoms with Crippen molar-refractivity contribution in [1.29, 1.82) is 0 Å². The van der Waals surface area contributed by atoms with Crippen LogP contribution in [0.2, 0.25) is 0 Å². The van der Waals surface area contributed by atoms with Gasteiger partial charge in [-0.25, -0.2) is 0 Å². The number of fused-ring (bicyclic) bond motifs is 1. The average molecular weight is 431 g/mol. The number of hydrogen-bond acceptors (Lipinski definition) is 2. The Morgan fingerprint density at radius 1 is 0.667 bits per heavy atom. The van der Waals surface area contributed by atoms with Gasteiger partial charge < -0.3 is 9.88 Å². The zero-order chi connectivity index (χ0) is 22.6. The molecule has 0 unspecified atom stereocenters. The van der Waals surface area contributed by atoms with Crippen molar-refractivity contribution in [3.8, 4) is 5.69 Å². The number of anilines is 1. The molecule has 1 aromatic heterocycles. The number of carbonyl (C=O) groups is 2. The minimum Gasteiger partial charge on any atom is -0.326 e. The lowest BCUT2D eigenvalue weighted by Gasteiger charge is -2.08. The van der Waals surface area contributed by atoms with Crippen molar-refractivity contribution in [2.45, 2.75) is 6.42 Å². The quantitative estimate of drug-likeness (QED) is 0.334. The normalized spacial score (nSPS) is 10.8. The zero-order valence-electron chi connectivity index (χ0n) is 17.9. The molecule has 4 nitrogen and oxygen atoms in total. The third-order valence-corrected chi connectivity index (χ3v) is 5.65. The summed E-state index contributed by atoms with van der Waals surface area (Å²) in [5.74, 6) is -0.144. The van der Waals surface area contributed by atoms with Crippen LogP contribution in [0, 0.1) is 0 Å². The number of para-hydroxylation sites is 1. The number of hydrogen-bond donors (Lipinski definition) is 1. The molecule has 0 saturated carbocycles. The van der Waals surface area contributed by atoms with Gasteiger partial charge in [0.05, 0.1) is 11.9 Å². The van der Waals surface area contributed by atoms with Gasteiger partial charge in [0.1, 0.15) is 0 Å². The highest BCUT2D eigenvalue weighted by molar-refractivity contribution is 6.09. The van der Waals surface area contributed by atoms with Gasteiger partial charge >= 0.3 is 0 Å². The van der Waals surface area contributed by atoms with E-state index in [2.05, 4.69) is 28.1 Å². The molecule has 4 heteroatoms. The van der Waals surface area contributed by atoms with E-state index in [1.54, 1.807) is 24.3 Å². The molecule has 1 N–H and O–H groups in total. The molecule has 0 aliphatic carbocycles. The van der Waals surface area contributed by atoms with E-state index in [0.717, 1.165) is 16.8 Å². The number of amides is 1. The lowest BCUT2D eigenvalue weighted by atomic mass is 10.0. The fraction of sp³-hybridized carbons (Fsp3) is 0.0345. The maximum absolute atomic E-state index is 12.9. The van der Waals surface area contributed by atoms with Crippen LogP contribution in [0.1, 0.15) is 21.5 Å². The van der Waals surface area contributed by atoms with Crippen molar-refractivity contribution >= 4 is 28.3 Å². The van der Waals surface area contributed by atoms with E-state index in [4.69, 9.17) is 0 Å². The Balaban J connectivity index is 1.27. The van der Waals surface area contributed by atoms with Gasteiger partial charge in [0, 0.05) is 28.7 Å². The molecular weight excluding hydrogens is 408 g/mol. The SMILES string of the molecule is O=C(Cc1ccccc1)Nc1ccc(C(=O)c2ccc(-n3ccc4ccccc43)cc2)cc1. The van der Waals surface area contributed by atoms with Crippen LogP contribution in [0.3, 0.4) is 0 Å². The van der Waals surface area contributed by atoms with Gasteiger partial charge in [-0.1, -0.05) is 48.5 Å². The Hall–Kier alpha value is -4.44. The number of ketones is 1. The first kappa shape index (κ1) is 20.5. The van der Waals surface area contributed by atoms with E-state index < -0.39 is 0 Å². The van der Waals surface area contributed by atoms with E-state index in [9.17, 15) is 9.59 Å². The summed E-state index contributed by atoms with van der Waals surface area (Å²) < 4.78 is 2.11. The first-order chi connectivity index (χ1) is 16.2. The van der Waals surface area contributed by atoms with Gasteiger partial charge in [-0.05, 0) is 71.6 Å². The highest BCUT2D eigenvalue weighted by Gasteiger charge is 2.11. The first-order valence-corrected chi connectivity index (χ1v) is 10.8. The molecule has 0 bridgehead atoms. The van der Waals surface area contributed by atoms with Crippen LogP contribution in [0.4, 0.5) is 5.69 Å². The van der Waals surface area contributed by atoms with Gasteiger partial charge in [0.2, 0.25) is 5.91 Å². The summed E-state index contributed by atoms with van der Waals surface area (Å²) in [5, 5.41) is 4.06. The highest BCUT2D eigenvalue weighted by Crippen LogP contribution is 2.21. The molecule has 0 aliphatic rings. The topological polar surface area (TPSA) is 51.1 Å². The molecule has 0 atom stereocenters. The summed E-state index contributed by atoms with van der Waals surface area (Å²) in [5.41, 5.74) is 4.96. The standard InChI is InChI=1S/C29H22N2O2/c32-28(20-21-6-2-1-3-7-21)30-25-14-10-23(11-15-25)29(33)24-12-16-26(17-13-24)31-19-18-22-8-4-5-9-27(22)31/h1-19H,20H2,(H,30,32). The lowest BCUT2D eigenvalue weighted by molar-refractivity contribution is -0.115. The molecular formula is C29H22N2O2. The number of carbonyl (C=O) groups excluding carboxylic acids is 2. The summed E-state index contributed by atoms with van der Waals surface area (Å²) in [6, 6.07) is 34.5. The van der Waals surface area contributed by atoms with E-state index in [1.807, 2.05) is 72.9 Å². The third-order valence-electron chi connectivity index (χ3n) is 5.65. The van der Waals surface area contributed by atoms with Crippen LogP contribution < -0.4 is 5.32 Å². The Kier molecular flexibility index (Phi) is 5.56. The molecule has 1 amide bonds. The third kappa shape index (κ3) is 4.46. The van der Waals surface area contributed by atoms with Crippen molar-refractivity contribution in [3.63, 3.8) is 0 Å². The maximum Gasteiger partial charge on any atom is 0.228 e. The molecule has 1 heterocycles. The van der Waals surface area contributed by atoms with Crippen molar-refractivity contribution in [3.05, 3.63) is 132 Å². The highest BCUT2D eigenvalue weighted by atomic mass is 16.1. The Morgan fingerprint density at radius 3 is 2.03 bits per heavy atom. The second kappa shape index (κ2) is 8.97. The monoisotopic (exact) mass is 430 g/mol. The summed E-state index contributed by atoms with van der Waals surface area (Å²) in [4.78, 5) is 25.2. The molecule has 0 spiro atoms. The fourth-order valence-electron chi connectivity index (χ4n) is 3.94. The maximum atomic E-state index is 12.9. The number of rotatable bonds is 6. The van der Waals surface area contributed by atoms with Crippen LogP contribution in [0.5, 0.6) is 0 Å². The summed E-state index contributed by atoms with van der Waals surface area (Å²) in [6.07, 6.45) is 2.34. The summed E-state index contributed by atoms with van der Waals surface area (Å²) in [7, 11) is 0. The zero-order valence-corrected chi connectivity index (χ0v) is 17.9. The molecule has 5 rings (SSSR count). The van der Waals surface area contributed by atoms with E-state index in [1.165, 1.54) is 5.39 Å². The molecule has 0 aliphatic heterocycles. The Bertz CT molecular complexity index is 1420. The molecule has 0 fully saturated rings. The number of nitrogens with one attached hydrogen (secondary N) is 1. The van der Waals surface area contributed by atoms with Gasteiger partial charge in [0.25, 0.3) is 0 Å². The predicted molar refractivity (Wildman–Crippen MR) is 132 cm³/mol. The number of benzene rings is 4. The van der Waals surface area contributed by atoms with Gasteiger partial charge in [-0.3, -0.25) is 9.59 Å². The Morgan fingerprint density at radius 2 is 1.30 bits per heavy atom. The molecule has 0 saturated heterocycles.